The predicted molar refractivity (Wildman–Crippen MR) is 381 cm³/mol. The van der Waals surface area contributed by atoms with Crippen LogP contribution in [0, 0.1) is 0 Å². The molecule has 3 N–H and O–H groups in total. The number of rotatable bonds is 66. The molecule has 0 radical (unpaired) electrons. The molecule has 0 fully saturated rings. The minimum atomic E-state index is -4.99. The molecule has 0 aromatic heterocycles. The molecule has 0 spiro atoms. The van der Waals surface area contributed by atoms with E-state index < -0.39 is 97.5 Å². The fourth-order valence-electron chi connectivity index (χ4n) is 8.99. The number of ether oxygens (including phenoxy) is 4. The molecule has 19 heteroatoms. The summed E-state index contributed by atoms with van der Waals surface area (Å²) in [6.45, 7) is 4.41. The average molecular weight is 1360 g/mol. The highest BCUT2D eigenvalue weighted by Gasteiger charge is 2.30. The van der Waals surface area contributed by atoms with Gasteiger partial charge in [-0.3, -0.25) is 37.3 Å². The van der Waals surface area contributed by atoms with Gasteiger partial charge in [0.15, 0.2) is 12.2 Å². The second-order valence-corrected chi connectivity index (χ2v) is 26.3. The second kappa shape index (κ2) is 67.0. The fraction of sp³-hybridized carbons (Fsp3) is 0.680. The average Bonchev–Trinajstić information content (AvgIpc) is 1.55. The lowest BCUT2D eigenvalue weighted by Gasteiger charge is -2.21. The van der Waals surface area contributed by atoms with E-state index in [0.29, 0.717) is 25.7 Å². The first-order valence-corrected chi connectivity index (χ1v) is 38.8. The number of esters is 4. The van der Waals surface area contributed by atoms with Gasteiger partial charge in [0.1, 0.15) is 19.3 Å². The summed E-state index contributed by atoms with van der Waals surface area (Å²) in [4.78, 5) is 72.5. The molecular formula is C75H126O17P2. The first-order valence-electron chi connectivity index (χ1n) is 35.8. The largest absolute Gasteiger partial charge is 0.472 e. The molecule has 5 atom stereocenters. The van der Waals surface area contributed by atoms with E-state index in [0.717, 1.165) is 154 Å². The van der Waals surface area contributed by atoms with Crippen molar-refractivity contribution in [1.29, 1.82) is 0 Å². The number of carbonyl (C=O) groups is 4. The molecule has 0 aromatic carbocycles. The molecule has 0 heterocycles. The number of hydrogen-bond donors (Lipinski definition) is 3. The van der Waals surface area contributed by atoms with E-state index >= 15 is 0 Å². The SMILES string of the molecule is CC/C=C\C/C=C\C/C=C\C/C=C\C/C=C\CC(=O)OCC(COP(=O)(O)OCC(O)COP(=O)(O)OCC(COC(=O)CCCCCCC/C=C\C/C=C\C/C=C\CC)OC(=O)CCCCCCC/C=C\CCCC)OC(=O)CCCCCCC/C=C\CCCCCC. The molecule has 0 rings (SSSR count). The van der Waals surface area contributed by atoms with E-state index in [2.05, 4.69) is 125 Å². The number of phosphoric acid groups is 2. The van der Waals surface area contributed by atoms with Crippen molar-refractivity contribution in [2.75, 3.05) is 39.6 Å². The van der Waals surface area contributed by atoms with Crippen LogP contribution in [0.3, 0.4) is 0 Å². The Morgan fingerprint density at radius 2 is 0.606 bits per heavy atom. The summed E-state index contributed by atoms with van der Waals surface area (Å²) in [5.74, 6) is -2.37. The number of hydrogen-bond acceptors (Lipinski definition) is 15. The number of aliphatic hydroxyl groups is 1. The van der Waals surface area contributed by atoms with Crippen molar-refractivity contribution in [2.45, 2.75) is 290 Å². The Morgan fingerprint density at radius 1 is 0.319 bits per heavy atom. The quantitative estimate of drug-likeness (QED) is 0.0169. The van der Waals surface area contributed by atoms with Crippen LogP contribution < -0.4 is 0 Å². The third-order valence-electron chi connectivity index (χ3n) is 14.4. The van der Waals surface area contributed by atoms with Gasteiger partial charge >= 0.3 is 39.5 Å². The maximum Gasteiger partial charge on any atom is 0.472 e. The Hall–Kier alpha value is -4.54. The van der Waals surface area contributed by atoms with Crippen molar-refractivity contribution in [3.8, 4) is 0 Å². The maximum atomic E-state index is 13.0. The molecular weight excluding hydrogens is 1230 g/mol. The molecule has 17 nitrogen and oxygen atoms in total. The molecule has 0 saturated heterocycles. The zero-order chi connectivity index (χ0) is 69.0. The Bertz CT molecular complexity index is 2270. The first kappa shape index (κ1) is 89.5. The Morgan fingerprint density at radius 3 is 0.989 bits per heavy atom. The Kier molecular flexibility index (Phi) is 63.8. The molecule has 0 aliphatic rings. The summed E-state index contributed by atoms with van der Waals surface area (Å²) in [5, 5.41) is 10.6. The van der Waals surface area contributed by atoms with Crippen molar-refractivity contribution < 1.29 is 80.2 Å². The summed E-state index contributed by atoms with van der Waals surface area (Å²) in [7, 11) is -9.97. The molecule has 0 aliphatic heterocycles. The summed E-state index contributed by atoms with van der Waals surface area (Å²) in [6.07, 6.45) is 71.0. The summed E-state index contributed by atoms with van der Waals surface area (Å²) >= 11 is 0. The van der Waals surface area contributed by atoms with Gasteiger partial charge in [-0.15, -0.1) is 0 Å². The molecule has 538 valence electrons. The Balaban J connectivity index is 5.41. The van der Waals surface area contributed by atoms with Crippen molar-refractivity contribution in [2.24, 2.45) is 0 Å². The highest BCUT2D eigenvalue weighted by molar-refractivity contribution is 7.47. The van der Waals surface area contributed by atoms with Crippen LogP contribution in [-0.2, 0) is 65.4 Å². The minimum absolute atomic E-state index is 0.0631. The third-order valence-corrected chi connectivity index (χ3v) is 16.3. The number of carbonyl (C=O) groups excluding carboxylic acids is 4. The van der Waals surface area contributed by atoms with E-state index in [1.54, 1.807) is 6.08 Å². The van der Waals surface area contributed by atoms with Gasteiger partial charge in [0.2, 0.25) is 0 Å². The van der Waals surface area contributed by atoms with Gasteiger partial charge in [-0.2, -0.15) is 0 Å². The van der Waals surface area contributed by atoms with Crippen LogP contribution in [-0.4, -0.2) is 96.7 Å². The van der Waals surface area contributed by atoms with Crippen LogP contribution in [0.5, 0.6) is 0 Å². The molecule has 0 amide bonds. The van der Waals surface area contributed by atoms with Crippen LogP contribution in [0.15, 0.2) is 122 Å². The van der Waals surface area contributed by atoms with Crippen LogP contribution in [0.4, 0.5) is 0 Å². The second-order valence-electron chi connectivity index (χ2n) is 23.4. The summed E-state index contributed by atoms with van der Waals surface area (Å²) < 4.78 is 68.1. The maximum absolute atomic E-state index is 13.0. The molecule has 0 aliphatic carbocycles. The van der Waals surface area contributed by atoms with Gasteiger partial charge < -0.3 is 33.8 Å². The van der Waals surface area contributed by atoms with Gasteiger partial charge in [-0.05, 0) is 128 Å². The van der Waals surface area contributed by atoms with Crippen molar-refractivity contribution >= 4 is 39.5 Å². The monoisotopic (exact) mass is 1360 g/mol. The summed E-state index contributed by atoms with van der Waals surface area (Å²) in [5.41, 5.74) is 0. The van der Waals surface area contributed by atoms with Crippen molar-refractivity contribution in [1.82, 2.24) is 0 Å². The zero-order valence-electron chi connectivity index (χ0n) is 58.3. The predicted octanol–water partition coefficient (Wildman–Crippen LogP) is 20.0. The van der Waals surface area contributed by atoms with Crippen LogP contribution in [0.25, 0.3) is 0 Å². The van der Waals surface area contributed by atoms with Crippen LogP contribution in [0.2, 0.25) is 0 Å². The van der Waals surface area contributed by atoms with Gasteiger partial charge in [-0.1, -0.05) is 239 Å². The van der Waals surface area contributed by atoms with E-state index in [9.17, 15) is 43.2 Å². The highest BCUT2D eigenvalue weighted by Crippen LogP contribution is 2.45. The van der Waals surface area contributed by atoms with Gasteiger partial charge in [-0.25, -0.2) is 9.13 Å². The molecule has 0 aromatic rings. The van der Waals surface area contributed by atoms with Gasteiger partial charge in [0, 0.05) is 19.3 Å². The number of aliphatic hydroxyl groups excluding tert-OH is 1. The van der Waals surface area contributed by atoms with Crippen LogP contribution in [0.1, 0.15) is 272 Å². The lowest BCUT2D eigenvalue weighted by atomic mass is 10.1. The molecule has 94 heavy (non-hydrogen) atoms. The lowest BCUT2D eigenvalue weighted by molar-refractivity contribution is -0.161. The van der Waals surface area contributed by atoms with E-state index in [1.165, 1.54) is 38.5 Å². The first-order chi connectivity index (χ1) is 45.7. The Labute approximate surface area is 568 Å². The standard InChI is InChI=1S/C75H126O17P2/c1-5-9-13-17-21-25-29-32-34-37-40-43-47-51-55-59-72(77)85-65-70(91-74(79)61-57-53-49-45-39-28-24-20-16-12-8-4)67-89-93(81,82)87-63-69(76)64-88-94(83,84)90-68-71(92-75(80)62-58-54-50-46-42-36-31-27-23-19-15-11-7-3)66-86-73(78)60-56-52-48-44-41-38-35-33-30-26-22-18-14-10-6-2/h9-10,13-14,20-22,24-27,31-35,41,44,52,56,69-71,76H,5-8,11-12,15-19,23,28-30,36-40,42-43,45-51,53-55,57-68H2,1-4H3,(H,81,82)(H,83,84)/b13-9-,14-10-,24-20-,25-21-,26-22-,31-27-,34-32-,35-33-,44-41-,56-52-. The molecule has 0 bridgehead atoms. The van der Waals surface area contributed by atoms with E-state index in [-0.39, 0.29) is 25.7 Å². The number of allylic oxidation sites excluding steroid dienone is 19. The highest BCUT2D eigenvalue weighted by atomic mass is 31.2. The van der Waals surface area contributed by atoms with E-state index in [4.69, 9.17) is 37.0 Å². The normalized spacial score (nSPS) is 14.8. The molecule has 0 saturated carbocycles. The topological polar surface area (TPSA) is 237 Å². The fourth-order valence-corrected chi connectivity index (χ4v) is 10.6. The van der Waals surface area contributed by atoms with Crippen molar-refractivity contribution in [3.63, 3.8) is 0 Å². The number of phosphoric ester groups is 2. The molecule has 5 unspecified atom stereocenters. The third kappa shape index (κ3) is 66.1. The van der Waals surface area contributed by atoms with Gasteiger partial charge in [0.05, 0.1) is 32.8 Å². The van der Waals surface area contributed by atoms with Crippen molar-refractivity contribution in [3.05, 3.63) is 122 Å². The van der Waals surface area contributed by atoms with Gasteiger partial charge in [0.25, 0.3) is 0 Å². The lowest BCUT2D eigenvalue weighted by Crippen LogP contribution is -2.30. The smallest absolute Gasteiger partial charge is 0.462 e. The summed E-state index contributed by atoms with van der Waals surface area (Å²) in [6, 6.07) is 0. The minimum Gasteiger partial charge on any atom is -0.462 e. The number of unbranched alkanes of at least 4 members (excludes halogenated alkanes) is 21. The van der Waals surface area contributed by atoms with Crippen LogP contribution >= 0.6 is 15.6 Å². The zero-order valence-corrected chi connectivity index (χ0v) is 60.1. The van der Waals surface area contributed by atoms with E-state index in [1.807, 2.05) is 18.2 Å².